The molecule has 0 aliphatic carbocycles. The summed E-state index contributed by atoms with van der Waals surface area (Å²) in [4.78, 5) is 16.6. The maximum Gasteiger partial charge on any atom is 0.266 e. The molecule has 5 heteroatoms. The Hall–Kier alpha value is -3.13. The quantitative estimate of drug-likeness (QED) is 0.725. The van der Waals surface area contributed by atoms with Crippen LogP contribution in [0, 0.1) is 11.3 Å². The SMILES string of the molecule is N#Cc1c(N)n(-c2ccccc2)c(=O)c2cccnc12. The first-order valence-corrected chi connectivity index (χ1v) is 5.99. The third kappa shape index (κ3) is 1.63. The van der Waals surface area contributed by atoms with Gasteiger partial charge in [-0.2, -0.15) is 5.26 Å². The van der Waals surface area contributed by atoms with Crippen LogP contribution in [0.25, 0.3) is 16.6 Å². The van der Waals surface area contributed by atoms with Crippen LogP contribution in [-0.2, 0) is 0 Å². The zero-order valence-electron chi connectivity index (χ0n) is 10.4. The number of hydrogen-bond acceptors (Lipinski definition) is 4. The van der Waals surface area contributed by atoms with Gasteiger partial charge in [-0.15, -0.1) is 0 Å². The predicted octanol–water partition coefficient (Wildman–Crippen LogP) is 1.84. The number of hydrogen-bond donors (Lipinski definition) is 1. The molecule has 2 N–H and O–H groups in total. The summed E-state index contributed by atoms with van der Waals surface area (Å²) in [5.74, 6) is 0.106. The summed E-state index contributed by atoms with van der Waals surface area (Å²) in [6.07, 6.45) is 1.54. The Morgan fingerprint density at radius 3 is 2.60 bits per heavy atom. The van der Waals surface area contributed by atoms with E-state index in [0.717, 1.165) is 0 Å². The van der Waals surface area contributed by atoms with Gasteiger partial charge < -0.3 is 5.73 Å². The number of nitriles is 1. The van der Waals surface area contributed by atoms with E-state index < -0.39 is 0 Å². The average Bonchev–Trinajstić information content (AvgIpc) is 2.49. The van der Waals surface area contributed by atoms with E-state index in [2.05, 4.69) is 4.98 Å². The Kier molecular flexibility index (Phi) is 2.70. The molecule has 0 radical (unpaired) electrons. The van der Waals surface area contributed by atoms with Crippen LogP contribution >= 0.6 is 0 Å². The van der Waals surface area contributed by atoms with Crippen molar-refractivity contribution in [3.8, 4) is 11.8 Å². The smallest absolute Gasteiger partial charge is 0.266 e. The van der Waals surface area contributed by atoms with E-state index in [1.165, 1.54) is 10.8 Å². The first kappa shape index (κ1) is 11.9. The number of nitrogen functional groups attached to an aromatic ring is 1. The number of benzene rings is 1. The third-order valence-corrected chi connectivity index (χ3v) is 3.10. The van der Waals surface area contributed by atoms with Crippen LogP contribution < -0.4 is 11.3 Å². The fourth-order valence-electron chi connectivity index (χ4n) is 2.18. The Bertz CT molecular complexity index is 891. The second-order valence-corrected chi connectivity index (χ2v) is 4.25. The van der Waals surface area contributed by atoms with Gasteiger partial charge in [0.25, 0.3) is 5.56 Å². The van der Waals surface area contributed by atoms with Gasteiger partial charge in [0.15, 0.2) is 0 Å². The normalized spacial score (nSPS) is 10.3. The van der Waals surface area contributed by atoms with E-state index in [1.54, 1.807) is 36.4 Å². The molecule has 0 unspecified atom stereocenters. The molecule has 1 aromatic carbocycles. The van der Waals surface area contributed by atoms with E-state index >= 15 is 0 Å². The molecule has 96 valence electrons. The molecular weight excluding hydrogens is 252 g/mol. The fourth-order valence-corrected chi connectivity index (χ4v) is 2.18. The minimum atomic E-state index is -0.282. The van der Waals surface area contributed by atoms with Crippen molar-refractivity contribution in [3.63, 3.8) is 0 Å². The van der Waals surface area contributed by atoms with Crippen LogP contribution in [-0.4, -0.2) is 9.55 Å². The minimum Gasteiger partial charge on any atom is -0.384 e. The molecule has 20 heavy (non-hydrogen) atoms. The lowest BCUT2D eigenvalue weighted by molar-refractivity contribution is 1.02. The number of fused-ring (bicyclic) bond motifs is 1. The first-order valence-electron chi connectivity index (χ1n) is 5.99. The number of rotatable bonds is 1. The topological polar surface area (TPSA) is 84.7 Å². The lowest BCUT2D eigenvalue weighted by Gasteiger charge is -2.12. The van der Waals surface area contributed by atoms with Crippen LogP contribution in [0.4, 0.5) is 5.82 Å². The van der Waals surface area contributed by atoms with Gasteiger partial charge in [0.2, 0.25) is 0 Å². The zero-order chi connectivity index (χ0) is 14.1. The van der Waals surface area contributed by atoms with Gasteiger partial charge in [-0.05, 0) is 24.3 Å². The molecule has 0 spiro atoms. The molecule has 3 rings (SSSR count). The van der Waals surface area contributed by atoms with Crippen LogP contribution in [0.3, 0.4) is 0 Å². The zero-order valence-corrected chi connectivity index (χ0v) is 10.4. The van der Waals surface area contributed by atoms with Gasteiger partial charge in [0.05, 0.1) is 16.6 Å². The first-order chi connectivity index (χ1) is 9.74. The van der Waals surface area contributed by atoms with Crippen molar-refractivity contribution in [1.82, 2.24) is 9.55 Å². The van der Waals surface area contributed by atoms with Gasteiger partial charge in [-0.3, -0.25) is 14.3 Å². The van der Waals surface area contributed by atoms with Crippen molar-refractivity contribution < 1.29 is 0 Å². The van der Waals surface area contributed by atoms with Crippen molar-refractivity contribution in [2.45, 2.75) is 0 Å². The molecule has 2 aromatic heterocycles. The summed E-state index contributed by atoms with van der Waals surface area (Å²) in [5, 5.41) is 9.67. The van der Waals surface area contributed by atoms with E-state index in [0.29, 0.717) is 16.6 Å². The van der Waals surface area contributed by atoms with Crippen molar-refractivity contribution in [2.75, 3.05) is 5.73 Å². The van der Waals surface area contributed by atoms with Crippen LogP contribution in [0.2, 0.25) is 0 Å². The highest BCUT2D eigenvalue weighted by Crippen LogP contribution is 2.21. The monoisotopic (exact) mass is 262 g/mol. The minimum absolute atomic E-state index is 0.106. The van der Waals surface area contributed by atoms with Gasteiger partial charge in [0, 0.05) is 6.20 Å². The van der Waals surface area contributed by atoms with Gasteiger partial charge in [-0.1, -0.05) is 18.2 Å². The highest BCUT2D eigenvalue weighted by molar-refractivity contribution is 5.87. The van der Waals surface area contributed by atoms with E-state index in [4.69, 9.17) is 5.73 Å². The molecule has 0 saturated heterocycles. The second kappa shape index (κ2) is 4.52. The molecule has 0 saturated carbocycles. The molecule has 0 atom stereocenters. The molecule has 0 aliphatic rings. The van der Waals surface area contributed by atoms with Gasteiger partial charge in [-0.25, -0.2) is 0 Å². The highest BCUT2D eigenvalue weighted by atomic mass is 16.1. The molecule has 0 fully saturated rings. The molecule has 0 bridgehead atoms. The molecule has 3 aromatic rings. The lowest BCUT2D eigenvalue weighted by Crippen LogP contribution is -2.23. The van der Waals surface area contributed by atoms with Crippen LogP contribution in [0.15, 0.2) is 53.5 Å². The van der Waals surface area contributed by atoms with E-state index in [9.17, 15) is 10.1 Å². The van der Waals surface area contributed by atoms with Crippen molar-refractivity contribution in [3.05, 3.63) is 64.6 Å². The number of anilines is 1. The summed E-state index contributed by atoms with van der Waals surface area (Å²) in [6.45, 7) is 0. The fraction of sp³-hybridized carbons (Fsp3) is 0. The second-order valence-electron chi connectivity index (χ2n) is 4.25. The summed E-state index contributed by atoms with van der Waals surface area (Å²) in [7, 11) is 0. The largest absolute Gasteiger partial charge is 0.384 e. The Labute approximate surface area is 114 Å². The molecular formula is C15H10N4O. The number of aromatic nitrogens is 2. The Balaban J connectivity index is 2.52. The number of pyridine rings is 2. The van der Waals surface area contributed by atoms with Crippen molar-refractivity contribution in [2.24, 2.45) is 0 Å². The van der Waals surface area contributed by atoms with Crippen LogP contribution in [0.1, 0.15) is 5.56 Å². The molecule has 2 heterocycles. The van der Waals surface area contributed by atoms with E-state index in [1.807, 2.05) is 12.1 Å². The number of nitrogens with zero attached hydrogens (tertiary/aromatic N) is 3. The maximum absolute atomic E-state index is 12.6. The Morgan fingerprint density at radius 1 is 1.15 bits per heavy atom. The third-order valence-electron chi connectivity index (χ3n) is 3.10. The highest BCUT2D eigenvalue weighted by Gasteiger charge is 2.15. The van der Waals surface area contributed by atoms with Gasteiger partial charge >= 0.3 is 0 Å². The van der Waals surface area contributed by atoms with E-state index in [-0.39, 0.29) is 16.9 Å². The standard InChI is InChI=1S/C15H10N4O/c16-9-12-13-11(7-4-8-18-13)15(20)19(14(12)17)10-5-2-1-3-6-10/h1-8H,17H2. The Morgan fingerprint density at radius 2 is 1.90 bits per heavy atom. The van der Waals surface area contributed by atoms with Crippen molar-refractivity contribution in [1.29, 1.82) is 5.26 Å². The summed E-state index contributed by atoms with van der Waals surface area (Å²) < 4.78 is 1.34. The summed E-state index contributed by atoms with van der Waals surface area (Å²) in [6, 6.07) is 14.3. The molecule has 0 amide bonds. The average molecular weight is 262 g/mol. The lowest BCUT2D eigenvalue weighted by atomic mass is 10.1. The number of para-hydroxylation sites is 1. The predicted molar refractivity (Wildman–Crippen MR) is 76.5 cm³/mol. The summed E-state index contributed by atoms with van der Waals surface area (Å²) in [5.41, 5.74) is 6.88. The van der Waals surface area contributed by atoms with Crippen LogP contribution in [0.5, 0.6) is 0 Å². The summed E-state index contributed by atoms with van der Waals surface area (Å²) >= 11 is 0. The number of nitrogens with two attached hydrogens (primary N) is 1. The maximum atomic E-state index is 12.6. The molecule has 0 aliphatic heterocycles. The molecule has 5 nitrogen and oxygen atoms in total. The van der Waals surface area contributed by atoms with Crippen molar-refractivity contribution >= 4 is 16.7 Å². The van der Waals surface area contributed by atoms with Gasteiger partial charge in [0.1, 0.15) is 17.5 Å².